The highest BCUT2D eigenvalue weighted by Crippen LogP contribution is 2.20. The molecule has 1 aromatic carbocycles. The van der Waals surface area contributed by atoms with Crippen molar-refractivity contribution in [3.05, 3.63) is 59.9 Å². The molecule has 1 fully saturated rings. The minimum atomic E-state index is -0.182. The van der Waals surface area contributed by atoms with Crippen LogP contribution in [-0.2, 0) is 6.54 Å². The number of halogens is 1. The van der Waals surface area contributed by atoms with Crippen LogP contribution in [0.5, 0.6) is 0 Å². The summed E-state index contributed by atoms with van der Waals surface area (Å²) in [6, 6.07) is 7.30. The Morgan fingerprint density at radius 3 is 2.83 bits per heavy atom. The quantitative estimate of drug-likeness (QED) is 0.789. The molecule has 2 aromatic rings. The highest BCUT2D eigenvalue weighted by atomic mass is 19.1. The lowest BCUT2D eigenvalue weighted by atomic mass is 9.99. The molecule has 0 amide bonds. The highest BCUT2D eigenvalue weighted by Gasteiger charge is 2.21. The zero-order valence-electron chi connectivity index (χ0n) is 14.4. The third-order valence-corrected chi connectivity index (χ3v) is 4.90. The average molecular weight is 327 g/mol. The Morgan fingerprint density at radius 2 is 2.08 bits per heavy atom. The van der Waals surface area contributed by atoms with Crippen LogP contribution >= 0.6 is 0 Å². The highest BCUT2D eigenvalue weighted by molar-refractivity contribution is 5.48. The molecule has 1 aliphatic rings. The van der Waals surface area contributed by atoms with E-state index in [1.54, 1.807) is 0 Å². The monoisotopic (exact) mass is 327 g/mol. The predicted molar refractivity (Wildman–Crippen MR) is 96.2 cm³/mol. The van der Waals surface area contributed by atoms with Gasteiger partial charge in [0.05, 0.1) is 0 Å². The Labute approximate surface area is 143 Å². The van der Waals surface area contributed by atoms with Crippen molar-refractivity contribution in [2.75, 3.05) is 13.1 Å². The van der Waals surface area contributed by atoms with Gasteiger partial charge in [0.1, 0.15) is 11.6 Å². The Kier molecular flexibility index (Phi) is 5.81. The van der Waals surface area contributed by atoms with Gasteiger partial charge in [-0.25, -0.2) is 9.37 Å². The van der Waals surface area contributed by atoms with Crippen molar-refractivity contribution >= 4 is 6.08 Å². The van der Waals surface area contributed by atoms with Gasteiger partial charge in [-0.15, -0.1) is 0 Å². The van der Waals surface area contributed by atoms with Crippen LogP contribution in [0, 0.1) is 12.7 Å². The first-order valence-corrected chi connectivity index (χ1v) is 8.86. The van der Waals surface area contributed by atoms with Crippen molar-refractivity contribution < 1.29 is 4.39 Å². The van der Waals surface area contributed by atoms with Crippen molar-refractivity contribution in [3.8, 4) is 0 Å². The summed E-state index contributed by atoms with van der Waals surface area (Å²) in [6.07, 6.45) is 13.3. The van der Waals surface area contributed by atoms with E-state index in [1.807, 2.05) is 18.3 Å². The van der Waals surface area contributed by atoms with Crippen molar-refractivity contribution in [2.24, 2.45) is 0 Å². The smallest absolute Gasteiger partial charge is 0.123 e. The number of hydrogen-bond acceptors (Lipinski definition) is 2. The second kappa shape index (κ2) is 8.25. The maximum Gasteiger partial charge on any atom is 0.123 e. The fourth-order valence-corrected chi connectivity index (χ4v) is 3.45. The van der Waals surface area contributed by atoms with E-state index in [0.29, 0.717) is 6.04 Å². The van der Waals surface area contributed by atoms with E-state index < -0.39 is 0 Å². The van der Waals surface area contributed by atoms with E-state index in [2.05, 4.69) is 39.7 Å². The summed E-state index contributed by atoms with van der Waals surface area (Å²) in [5.41, 5.74) is 1.05. The SMILES string of the molecule is Cc1nccn1CC[C@H]1CCCCN1C/C=C/c1ccc(F)cc1. The van der Waals surface area contributed by atoms with Crippen molar-refractivity contribution in [1.82, 2.24) is 14.5 Å². The number of rotatable bonds is 6. The summed E-state index contributed by atoms with van der Waals surface area (Å²) in [5, 5.41) is 0. The Hall–Kier alpha value is -1.94. The number of benzene rings is 1. The van der Waals surface area contributed by atoms with Gasteiger partial charge in [-0.1, -0.05) is 30.7 Å². The fraction of sp³-hybridized carbons (Fsp3) is 0.450. The largest absolute Gasteiger partial charge is 0.335 e. The van der Waals surface area contributed by atoms with Crippen molar-refractivity contribution in [3.63, 3.8) is 0 Å². The lowest BCUT2D eigenvalue weighted by Gasteiger charge is -2.35. The maximum absolute atomic E-state index is 12.9. The van der Waals surface area contributed by atoms with E-state index in [0.717, 1.165) is 24.5 Å². The lowest BCUT2D eigenvalue weighted by molar-refractivity contribution is 0.152. The van der Waals surface area contributed by atoms with Gasteiger partial charge in [-0.2, -0.15) is 0 Å². The maximum atomic E-state index is 12.9. The van der Waals surface area contributed by atoms with Crippen LogP contribution in [0.25, 0.3) is 6.08 Å². The van der Waals surface area contributed by atoms with Gasteiger partial charge in [0.15, 0.2) is 0 Å². The van der Waals surface area contributed by atoms with Crippen LogP contribution in [0.3, 0.4) is 0 Å². The van der Waals surface area contributed by atoms with Crippen LogP contribution in [-0.4, -0.2) is 33.6 Å². The van der Waals surface area contributed by atoms with Crippen molar-refractivity contribution in [2.45, 2.75) is 45.2 Å². The first kappa shape index (κ1) is 16.9. The van der Waals surface area contributed by atoms with Gasteiger partial charge in [0.2, 0.25) is 0 Å². The Bertz CT molecular complexity index is 660. The molecule has 0 bridgehead atoms. The van der Waals surface area contributed by atoms with Gasteiger partial charge in [0, 0.05) is 31.5 Å². The van der Waals surface area contributed by atoms with Gasteiger partial charge < -0.3 is 4.57 Å². The van der Waals surface area contributed by atoms with E-state index in [4.69, 9.17) is 0 Å². The second-order valence-electron chi connectivity index (χ2n) is 6.55. The van der Waals surface area contributed by atoms with Crippen LogP contribution < -0.4 is 0 Å². The predicted octanol–water partition coefficient (Wildman–Crippen LogP) is 4.29. The van der Waals surface area contributed by atoms with Gasteiger partial charge in [-0.05, 0) is 50.4 Å². The molecule has 1 atom stereocenters. The summed E-state index contributed by atoms with van der Waals surface area (Å²) < 4.78 is 15.2. The fourth-order valence-electron chi connectivity index (χ4n) is 3.45. The normalized spacial score (nSPS) is 19.2. The molecule has 0 aliphatic carbocycles. The zero-order valence-corrected chi connectivity index (χ0v) is 14.4. The van der Waals surface area contributed by atoms with Gasteiger partial charge in [0.25, 0.3) is 0 Å². The number of imidazole rings is 1. The molecule has 2 heterocycles. The van der Waals surface area contributed by atoms with Crippen LogP contribution in [0.1, 0.15) is 37.1 Å². The summed E-state index contributed by atoms with van der Waals surface area (Å²) >= 11 is 0. The molecule has 0 saturated carbocycles. The molecule has 24 heavy (non-hydrogen) atoms. The van der Waals surface area contributed by atoms with E-state index in [1.165, 1.54) is 44.4 Å². The van der Waals surface area contributed by atoms with Crippen LogP contribution in [0.15, 0.2) is 42.7 Å². The Balaban J connectivity index is 1.54. The average Bonchev–Trinajstić information content (AvgIpc) is 3.01. The summed E-state index contributed by atoms with van der Waals surface area (Å²) in [5.74, 6) is 0.909. The minimum Gasteiger partial charge on any atom is -0.335 e. The summed E-state index contributed by atoms with van der Waals surface area (Å²) in [7, 11) is 0. The van der Waals surface area contributed by atoms with E-state index in [9.17, 15) is 4.39 Å². The van der Waals surface area contributed by atoms with Crippen LogP contribution in [0.2, 0.25) is 0 Å². The van der Waals surface area contributed by atoms with Gasteiger partial charge >= 0.3 is 0 Å². The third-order valence-electron chi connectivity index (χ3n) is 4.90. The first-order valence-electron chi connectivity index (χ1n) is 8.86. The van der Waals surface area contributed by atoms with Gasteiger partial charge in [-0.3, -0.25) is 4.90 Å². The molecule has 0 spiro atoms. The third kappa shape index (κ3) is 4.54. The molecule has 1 aliphatic heterocycles. The topological polar surface area (TPSA) is 21.1 Å². The number of hydrogen-bond donors (Lipinski definition) is 0. The standard InChI is InChI=1S/C20H26FN3/c1-17-22-12-16-23(17)15-11-20-6-2-3-13-24(20)14-4-5-18-7-9-19(21)10-8-18/h4-5,7-10,12,16,20H,2-3,6,11,13-15H2,1H3/b5-4+/t20-/m1/s1. The number of aryl methyl sites for hydroxylation is 2. The molecule has 128 valence electrons. The first-order chi connectivity index (χ1) is 11.7. The number of aromatic nitrogens is 2. The summed E-state index contributed by atoms with van der Waals surface area (Å²) in [4.78, 5) is 6.88. The number of likely N-dealkylation sites (tertiary alicyclic amines) is 1. The van der Waals surface area contributed by atoms with E-state index in [-0.39, 0.29) is 5.82 Å². The van der Waals surface area contributed by atoms with Crippen molar-refractivity contribution in [1.29, 1.82) is 0 Å². The minimum absolute atomic E-state index is 0.182. The zero-order chi connectivity index (χ0) is 16.8. The molecule has 0 N–H and O–H groups in total. The second-order valence-corrected chi connectivity index (χ2v) is 6.55. The number of nitrogens with zero attached hydrogens (tertiary/aromatic N) is 3. The molecule has 1 saturated heterocycles. The molecule has 1 aromatic heterocycles. The molecule has 4 heteroatoms. The lowest BCUT2D eigenvalue weighted by Crippen LogP contribution is -2.40. The Morgan fingerprint density at radius 1 is 1.25 bits per heavy atom. The van der Waals surface area contributed by atoms with Crippen LogP contribution in [0.4, 0.5) is 4.39 Å². The molecule has 3 nitrogen and oxygen atoms in total. The molecular formula is C20H26FN3. The molecule has 3 rings (SSSR count). The molecule has 0 radical (unpaired) electrons. The summed E-state index contributed by atoms with van der Waals surface area (Å²) in [6.45, 7) is 5.23. The number of piperidine rings is 1. The molecule has 0 unspecified atom stereocenters. The van der Waals surface area contributed by atoms with E-state index >= 15 is 0 Å². The molecular weight excluding hydrogens is 301 g/mol.